The Morgan fingerprint density at radius 3 is 0.783 bits per heavy atom. The van der Waals surface area contributed by atoms with Crippen molar-refractivity contribution >= 4 is 17.9 Å². The summed E-state index contributed by atoms with van der Waals surface area (Å²) in [5, 5.41) is 0. The van der Waals surface area contributed by atoms with Crippen molar-refractivity contribution in [2.24, 2.45) is 0 Å². The molecule has 0 N–H and O–H groups in total. The second-order valence-corrected chi connectivity index (χ2v) is 21.6. The van der Waals surface area contributed by atoms with Gasteiger partial charge in [0, 0.05) is 12.8 Å². The monoisotopic (exact) mass is 1140 g/mol. The predicted molar refractivity (Wildman–Crippen MR) is 361 cm³/mol. The van der Waals surface area contributed by atoms with E-state index >= 15 is 0 Å². The first-order chi connectivity index (χ1) is 41.0. The van der Waals surface area contributed by atoms with Gasteiger partial charge >= 0.3 is 17.9 Å². The summed E-state index contributed by atoms with van der Waals surface area (Å²) in [5.74, 6) is -1.06. The number of rotatable bonds is 59. The number of hydrogen-bond donors (Lipinski definition) is 0. The number of allylic oxidation sites excluding steroid dienone is 27. The van der Waals surface area contributed by atoms with Crippen LogP contribution in [0.3, 0.4) is 0 Å². The predicted octanol–water partition coefficient (Wildman–Crippen LogP) is 23.4. The van der Waals surface area contributed by atoms with Crippen molar-refractivity contribution in [2.45, 2.75) is 284 Å². The fraction of sp³-hybridized carbons (Fsp3) is 0.597. The summed E-state index contributed by atoms with van der Waals surface area (Å²) in [6.45, 7) is 6.21. The van der Waals surface area contributed by atoms with Gasteiger partial charge in [-0.05, 0) is 128 Å². The standard InChI is InChI=1S/C77H122O6/c1-4-7-10-13-16-19-22-25-28-30-32-34-36-38-40-42-44-46-49-52-55-58-61-64-67-70-76(79)82-73-74(72-81-75(78)69-66-63-60-57-54-51-48-27-24-21-18-15-12-9-6-3)83-77(80)71-68-65-62-59-56-53-50-47-45-43-41-39-37-35-33-31-29-26-23-20-17-14-11-8-5-2/h7-12,16-21,25-29,32-35,38,40,48,54,57,63,66,74H,4-6,13-15,22-24,30-31,36-37,39,41-47,49-53,55-56,58-62,64-65,67-73H2,1-3H3/b10-7-,11-8-,12-9-,19-16-,20-17-,21-18-,28-25-,29-26-,34-32-,35-33-,40-38-,48-27-,57-54-,66-63-. The normalized spacial score (nSPS) is 13.2. The van der Waals surface area contributed by atoms with Crippen LogP contribution >= 0.6 is 0 Å². The first kappa shape index (κ1) is 77.8. The van der Waals surface area contributed by atoms with E-state index in [9.17, 15) is 14.4 Å². The molecule has 0 aromatic heterocycles. The molecule has 0 fully saturated rings. The Kier molecular flexibility index (Phi) is 64.9. The molecule has 0 saturated carbocycles. The fourth-order valence-corrected chi connectivity index (χ4v) is 8.83. The molecule has 0 amide bonds. The molecule has 0 saturated heterocycles. The average Bonchev–Trinajstić information content (AvgIpc) is 3.49. The zero-order valence-corrected chi connectivity index (χ0v) is 53.4. The highest BCUT2D eigenvalue weighted by molar-refractivity contribution is 5.72. The molecule has 0 aromatic rings. The Labute approximate surface area is 511 Å². The highest BCUT2D eigenvalue weighted by Gasteiger charge is 2.19. The lowest BCUT2D eigenvalue weighted by molar-refractivity contribution is -0.166. The van der Waals surface area contributed by atoms with Crippen molar-refractivity contribution in [3.8, 4) is 0 Å². The minimum absolute atomic E-state index is 0.118. The van der Waals surface area contributed by atoms with Crippen molar-refractivity contribution in [2.75, 3.05) is 13.2 Å². The summed E-state index contributed by atoms with van der Waals surface area (Å²) < 4.78 is 16.8. The van der Waals surface area contributed by atoms with Gasteiger partial charge in [-0.1, -0.05) is 300 Å². The molecule has 0 rings (SSSR count). The number of unbranched alkanes of at least 4 members (excludes halogenated alkanes) is 21. The van der Waals surface area contributed by atoms with Gasteiger partial charge in [0.2, 0.25) is 0 Å². The van der Waals surface area contributed by atoms with Crippen LogP contribution in [0.15, 0.2) is 170 Å². The Hall–Kier alpha value is -5.23. The zero-order chi connectivity index (χ0) is 59.9. The van der Waals surface area contributed by atoms with Gasteiger partial charge in [0.25, 0.3) is 0 Å². The molecule has 0 radical (unpaired) electrons. The number of hydrogen-bond acceptors (Lipinski definition) is 6. The molecule has 1 unspecified atom stereocenters. The van der Waals surface area contributed by atoms with Gasteiger partial charge in [0.05, 0.1) is 6.42 Å². The van der Waals surface area contributed by atoms with Crippen molar-refractivity contribution < 1.29 is 28.6 Å². The van der Waals surface area contributed by atoms with E-state index in [-0.39, 0.29) is 31.6 Å². The first-order valence-corrected chi connectivity index (χ1v) is 33.6. The topological polar surface area (TPSA) is 78.9 Å². The summed E-state index contributed by atoms with van der Waals surface area (Å²) in [4.78, 5) is 38.4. The molecule has 0 aromatic carbocycles. The highest BCUT2D eigenvalue weighted by atomic mass is 16.6. The van der Waals surface area contributed by atoms with Crippen LogP contribution in [0.1, 0.15) is 278 Å². The van der Waals surface area contributed by atoms with E-state index < -0.39 is 12.1 Å². The van der Waals surface area contributed by atoms with Crippen LogP contribution in [0, 0.1) is 0 Å². The Bertz CT molecular complexity index is 1890. The number of carbonyl (C=O) groups is 3. The third-order valence-corrected chi connectivity index (χ3v) is 13.7. The minimum Gasteiger partial charge on any atom is -0.462 e. The van der Waals surface area contributed by atoms with Gasteiger partial charge in [-0.3, -0.25) is 14.4 Å². The molecule has 0 aliphatic rings. The molecule has 1 atom stereocenters. The summed E-state index contributed by atoms with van der Waals surface area (Å²) in [7, 11) is 0. The van der Waals surface area contributed by atoms with E-state index in [1.54, 1.807) is 6.08 Å². The van der Waals surface area contributed by atoms with Crippen molar-refractivity contribution in [3.05, 3.63) is 170 Å². The molecule has 0 aliphatic heterocycles. The molecule has 6 nitrogen and oxygen atoms in total. The SMILES string of the molecule is CC/C=C\C/C=C\C/C=C\C/C=C\C/C=C\CCCCCCCCCCCC(=O)OCC(COC(=O)C/C=C\C/C=C\C/C=C\C/C=C\C/C=C\CC)OC(=O)CCCCCCCCCCCCCC/C=C\C/C=C\C/C=C\C/C=C\CC. The van der Waals surface area contributed by atoms with Crippen molar-refractivity contribution in [1.82, 2.24) is 0 Å². The van der Waals surface area contributed by atoms with Crippen LogP contribution in [0.5, 0.6) is 0 Å². The van der Waals surface area contributed by atoms with Crippen LogP contribution in [0.2, 0.25) is 0 Å². The second-order valence-electron chi connectivity index (χ2n) is 21.6. The Morgan fingerprint density at radius 2 is 0.482 bits per heavy atom. The molecule has 83 heavy (non-hydrogen) atoms. The van der Waals surface area contributed by atoms with E-state index in [1.165, 1.54) is 103 Å². The molecule has 0 spiro atoms. The summed E-state index contributed by atoms with van der Waals surface area (Å²) in [6.07, 6.45) is 102. The van der Waals surface area contributed by atoms with E-state index in [0.29, 0.717) is 12.8 Å². The Balaban J connectivity index is 4.44. The summed E-state index contributed by atoms with van der Waals surface area (Å²) in [5.41, 5.74) is 0. The number of esters is 3. The van der Waals surface area contributed by atoms with E-state index in [0.717, 1.165) is 135 Å². The van der Waals surface area contributed by atoms with Gasteiger partial charge in [-0.2, -0.15) is 0 Å². The average molecular weight is 1140 g/mol. The molecule has 466 valence electrons. The van der Waals surface area contributed by atoms with Crippen LogP contribution < -0.4 is 0 Å². The van der Waals surface area contributed by atoms with Crippen molar-refractivity contribution in [3.63, 3.8) is 0 Å². The van der Waals surface area contributed by atoms with E-state index in [2.05, 4.69) is 179 Å². The van der Waals surface area contributed by atoms with Gasteiger partial charge in [0.1, 0.15) is 13.2 Å². The molecule has 6 heteroatoms. The number of ether oxygens (including phenoxy) is 3. The molecule has 0 heterocycles. The fourth-order valence-electron chi connectivity index (χ4n) is 8.83. The van der Waals surface area contributed by atoms with Gasteiger partial charge in [-0.15, -0.1) is 0 Å². The van der Waals surface area contributed by atoms with Crippen molar-refractivity contribution in [1.29, 1.82) is 0 Å². The smallest absolute Gasteiger partial charge is 0.309 e. The highest BCUT2D eigenvalue weighted by Crippen LogP contribution is 2.16. The Morgan fingerprint density at radius 1 is 0.253 bits per heavy atom. The van der Waals surface area contributed by atoms with Crippen LogP contribution in [-0.4, -0.2) is 37.2 Å². The van der Waals surface area contributed by atoms with Crippen LogP contribution in [0.25, 0.3) is 0 Å². The van der Waals surface area contributed by atoms with Crippen LogP contribution in [0.4, 0.5) is 0 Å². The third-order valence-electron chi connectivity index (χ3n) is 13.7. The first-order valence-electron chi connectivity index (χ1n) is 33.6. The maximum Gasteiger partial charge on any atom is 0.309 e. The number of carbonyl (C=O) groups excluding carboxylic acids is 3. The summed E-state index contributed by atoms with van der Waals surface area (Å²) >= 11 is 0. The zero-order valence-electron chi connectivity index (χ0n) is 53.4. The maximum absolute atomic E-state index is 12.9. The molecular weight excluding hydrogens is 1020 g/mol. The van der Waals surface area contributed by atoms with Gasteiger partial charge < -0.3 is 14.2 Å². The lowest BCUT2D eigenvalue weighted by atomic mass is 10.0. The molecular formula is C77H122O6. The summed E-state index contributed by atoms with van der Waals surface area (Å²) in [6, 6.07) is 0. The lowest BCUT2D eigenvalue weighted by Gasteiger charge is -2.18. The maximum atomic E-state index is 12.9. The minimum atomic E-state index is -0.832. The van der Waals surface area contributed by atoms with Gasteiger partial charge in [-0.25, -0.2) is 0 Å². The second kappa shape index (κ2) is 69.3. The lowest BCUT2D eigenvalue weighted by Crippen LogP contribution is -2.30. The van der Waals surface area contributed by atoms with E-state index in [4.69, 9.17) is 14.2 Å². The van der Waals surface area contributed by atoms with Crippen LogP contribution in [-0.2, 0) is 28.6 Å². The third kappa shape index (κ3) is 67.4. The van der Waals surface area contributed by atoms with E-state index in [1.807, 2.05) is 6.08 Å². The largest absolute Gasteiger partial charge is 0.462 e. The molecule has 0 aliphatic carbocycles. The molecule has 0 bridgehead atoms. The quantitative estimate of drug-likeness (QED) is 0.0261. The van der Waals surface area contributed by atoms with Gasteiger partial charge in [0.15, 0.2) is 6.10 Å².